The van der Waals surface area contributed by atoms with E-state index in [9.17, 15) is 19.1 Å². The van der Waals surface area contributed by atoms with Gasteiger partial charge in [-0.25, -0.2) is 4.39 Å². The number of Topliss-reactive ketones (excluding diaryl/α,β-unsaturated/α-hetero) is 1. The molecule has 1 saturated heterocycles. The van der Waals surface area contributed by atoms with Gasteiger partial charge < -0.3 is 24.8 Å². The summed E-state index contributed by atoms with van der Waals surface area (Å²) in [6.45, 7) is 2.46. The second kappa shape index (κ2) is 10.8. The Balaban J connectivity index is 1.08. The Bertz CT molecular complexity index is 1660. The molecule has 2 N–H and O–H groups in total. The summed E-state index contributed by atoms with van der Waals surface area (Å²) in [5.74, 6) is -1.98. The normalized spacial score (nSPS) is 17.9. The van der Waals surface area contributed by atoms with E-state index in [-0.39, 0.29) is 35.8 Å². The molecule has 0 bridgehead atoms. The number of benzene rings is 3. The Morgan fingerprint density at radius 3 is 2.52 bits per heavy atom. The van der Waals surface area contributed by atoms with Crippen LogP contribution in [0.3, 0.4) is 0 Å². The van der Waals surface area contributed by atoms with Gasteiger partial charge in [0.05, 0.1) is 23.8 Å². The predicted octanol–water partition coefficient (Wildman–Crippen LogP) is 4.06. The molecule has 1 saturated carbocycles. The van der Waals surface area contributed by atoms with Crippen molar-refractivity contribution in [2.24, 2.45) is 0 Å². The van der Waals surface area contributed by atoms with Crippen molar-refractivity contribution in [3.05, 3.63) is 77.7 Å². The Labute approximate surface area is 241 Å². The molecule has 7 rings (SSSR count). The second-order valence-corrected chi connectivity index (χ2v) is 11.2. The van der Waals surface area contributed by atoms with Crippen LogP contribution in [0.25, 0.3) is 22.0 Å². The minimum absolute atomic E-state index is 0.00705. The first-order valence-corrected chi connectivity index (χ1v) is 14.4. The first kappa shape index (κ1) is 26.6. The Hall–Kier alpha value is -4.28. The highest BCUT2D eigenvalue weighted by Gasteiger charge is 2.31. The van der Waals surface area contributed by atoms with Crippen LogP contribution in [-0.4, -0.2) is 70.4 Å². The van der Waals surface area contributed by atoms with Crippen LogP contribution in [-0.2, 0) is 4.79 Å². The molecule has 3 aromatic carbocycles. The van der Waals surface area contributed by atoms with Crippen LogP contribution in [0.4, 0.5) is 4.39 Å². The number of aliphatic hydroxyl groups is 1. The van der Waals surface area contributed by atoms with Gasteiger partial charge in [0.2, 0.25) is 5.78 Å². The van der Waals surface area contributed by atoms with Crippen LogP contribution in [0, 0.1) is 5.82 Å². The van der Waals surface area contributed by atoms with Gasteiger partial charge in [-0.3, -0.25) is 14.3 Å². The van der Waals surface area contributed by atoms with Crippen molar-refractivity contribution >= 4 is 22.6 Å². The quantitative estimate of drug-likeness (QED) is 0.231. The number of hydrogen-bond acceptors (Lipinski definition) is 7. The lowest BCUT2D eigenvalue weighted by Gasteiger charge is -2.36. The number of nitrogens with one attached hydrogen (secondary N) is 1. The summed E-state index contributed by atoms with van der Waals surface area (Å²) in [6, 6.07) is 15.4. The molecule has 9 nitrogen and oxygen atoms in total. The number of carbonyl (C=O) groups excluding carboxylic acids is 2. The van der Waals surface area contributed by atoms with Crippen LogP contribution in [0.15, 0.2) is 60.8 Å². The third kappa shape index (κ3) is 5.12. The highest BCUT2D eigenvalue weighted by atomic mass is 19.1. The number of nitrogens with zero attached hydrogens (tertiary/aromatic N) is 3. The number of ether oxygens (including phenoxy) is 2. The average Bonchev–Trinajstić information content (AvgIpc) is 3.75. The monoisotopic (exact) mass is 570 g/mol. The molecule has 0 unspecified atom stereocenters. The third-order valence-corrected chi connectivity index (χ3v) is 8.24. The zero-order chi connectivity index (χ0) is 28.8. The molecule has 10 heteroatoms. The van der Waals surface area contributed by atoms with Crippen LogP contribution >= 0.6 is 0 Å². The van der Waals surface area contributed by atoms with Crippen molar-refractivity contribution in [3.8, 4) is 22.6 Å². The Kier molecular flexibility index (Phi) is 6.87. The molecule has 3 heterocycles. The van der Waals surface area contributed by atoms with E-state index in [4.69, 9.17) is 9.47 Å². The van der Waals surface area contributed by atoms with Crippen molar-refractivity contribution < 1.29 is 28.6 Å². The lowest BCUT2D eigenvalue weighted by Crippen LogP contribution is -2.52. The van der Waals surface area contributed by atoms with Gasteiger partial charge >= 0.3 is 0 Å². The van der Waals surface area contributed by atoms with Crippen molar-refractivity contribution in [1.82, 2.24) is 20.0 Å². The summed E-state index contributed by atoms with van der Waals surface area (Å²) >= 11 is 0. The standard InChI is InChI=1S/C32H31FN4O5/c33-25-14-23(16-28-31(25)42-13-12-41-28)29(38)26(18-36-10-1-11-36)35-32(40)30(39)20-4-2-19(3-5-20)21-6-7-22-17-34-37(24-8-9-24)27(22)15-21/h2-7,14-17,24,26,29,38H,1,8-13,18H2,(H,35,40)/t26-,29-/m1/s1. The van der Waals surface area contributed by atoms with E-state index in [1.54, 1.807) is 12.1 Å². The largest absolute Gasteiger partial charge is 0.486 e. The molecule has 2 aliphatic heterocycles. The molecule has 0 spiro atoms. The number of halogens is 1. The van der Waals surface area contributed by atoms with Crippen LogP contribution < -0.4 is 14.8 Å². The predicted molar refractivity (Wildman–Crippen MR) is 153 cm³/mol. The lowest BCUT2D eigenvalue weighted by atomic mass is 9.98. The summed E-state index contributed by atoms with van der Waals surface area (Å²) in [7, 11) is 0. The van der Waals surface area contributed by atoms with E-state index in [0.29, 0.717) is 12.6 Å². The van der Waals surface area contributed by atoms with Crippen molar-refractivity contribution in [1.29, 1.82) is 0 Å². The number of likely N-dealkylation sites (tertiary alicyclic amines) is 1. The van der Waals surface area contributed by atoms with E-state index in [0.717, 1.165) is 54.4 Å². The average molecular weight is 571 g/mol. The summed E-state index contributed by atoms with van der Waals surface area (Å²) < 4.78 is 27.6. The summed E-state index contributed by atoms with van der Waals surface area (Å²) in [5.41, 5.74) is 3.48. The molecule has 1 aliphatic carbocycles. The number of aliphatic hydroxyl groups excluding tert-OH is 1. The smallest absolute Gasteiger partial charge is 0.292 e. The second-order valence-electron chi connectivity index (χ2n) is 11.2. The number of aromatic nitrogens is 2. The number of hydrogen-bond donors (Lipinski definition) is 2. The van der Waals surface area contributed by atoms with E-state index in [1.807, 2.05) is 30.5 Å². The first-order valence-electron chi connectivity index (χ1n) is 14.4. The van der Waals surface area contributed by atoms with Crippen molar-refractivity contribution in [2.75, 3.05) is 32.8 Å². The topological polar surface area (TPSA) is 106 Å². The zero-order valence-corrected chi connectivity index (χ0v) is 23.0. The zero-order valence-electron chi connectivity index (χ0n) is 23.0. The van der Waals surface area contributed by atoms with Crippen molar-refractivity contribution in [3.63, 3.8) is 0 Å². The fourth-order valence-corrected chi connectivity index (χ4v) is 5.61. The van der Waals surface area contributed by atoms with E-state index < -0.39 is 29.7 Å². The van der Waals surface area contributed by atoms with Gasteiger partial charge in [-0.1, -0.05) is 36.4 Å². The van der Waals surface area contributed by atoms with Gasteiger partial charge in [-0.05, 0) is 67.2 Å². The van der Waals surface area contributed by atoms with E-state index in [2.05, 4.69) is 26.1 Å². The Morgan fingerprint density at radius 1 is 1.02 bits per heavy atom. The first-order chi connectivity index (χ1) is 20.4. The fraction of sp³-hybridized carbons (Fsp3) is 0.344. The molecule has 4 aromatic rings. The van der Waals surface area contributed by atoms with Gasteiger partial charge in [0.1, 0.15) is 19.3 Å². The van der Waals surface area contributed by atoms with E-state index >= 15 is 0 Å². The molecule has 1 amide bonds. The van der Waals surface area contributed by atoms with Gasteiger partial charge in [-0.2, -0.15) is 5.10 Å². The van der Waals surface area contributed by atoms with Gasteiger partial charge in [0.25, 0.3) is 5.91 Å². The molecule has 42 heavy (non-hydrogen) atoms. The summed E-state index contributed by atoms with van der Waals surface area (Å²) in [6.07, 6.45) is 3.91. The lowest BCUT2D eigenvalue weighted by molar-refractivity contribution is -0.118. The molecular weight excluding hydrogens is 539 g/mol. The molecule has 0 radical (unpaired) electrons. The molecule has 2 atom stereocenters. The van der Waals surface area contributed by atoms with Crippen LogP contribution in [0.2, 0.25) is 0 Å². The summed E-state index contributed by atoms with van der Waals surface area (Å²) in [4.78, 5) is 28.4. The maximum Gasteiger partial charge on any atom is 0.292 e. The van der Waals surface area contributed by atoms with Gasteiger partial charge in [0, 0.05) is 17.5 Å². The minimum atomic E-state index is -1.27. The number of fused-ring (bicyclic) bond motifs is 2. The third-order valence-electron chi connectivity index (χ3n) is 8.24. The van der Waals surface area contributed by atoms with Crippen LogP contribution in [0.1, 0.15) is 47.3 Å². The number of amides is 1. The highest BCUT2D eigenvalue weighted by Crippen LogP contribution is 2.38. The molecule has 2 fully saturated rings. The van der Waals surface area contributed by atoms with Crippen LogP contribution in [0.5, 0.6) is 11.5 Å². The summed E-state index contributed by atoms with van der Waals surface area (Å²) in [5, 5.41) is 19.6. The van der Waals surface area contributed by atoms with Gasteiger partial charge in [0.15, 0.2) is 17.3 Å². The Morgan fingerprint density at radius 2 is 1.79 bits per heavy atom. The number of carbonyl (C=O) groups is 2. The maximum atomic E-state index is 14.7. The SMILES string of the molecule is O=C(N[C@H](CN1CCC1)[C@H](O)c1cc(F)c2c(c1)OCCO2)C(=O)c1ccc(-c2ccc3cnn(C4CC4)c3c2)cc1. The van der Waals surface area contributed by atoms with Crippen molar-refractivity contribution in [2.45, 2.75) is 37.5 Å². The minimum Gasteiger partial charge on any atom is -0.486 e. The number of rotatable bonds is 9. The number of ketones is 1. The molecule has 216 valence electrons. The molecule has 3 aliphatic rings. The maximum absolute atomic E-state index is 14.7. The molecule has 1 aromatic heterocycles. The van der Waals surface area contributed by atoms with E-state index in [1.165, 1.54) is 12.1 Å². The molecular formula is C32H31FN4O5. The fourth-order valence-electron chi connectivity index (χ4n) is 5.61. The van der Waals surface area contributed by atoms with Gasteiger partial charge in [-0.15, -0.1) is 0 Å². The highest BCUT2D eigenvalue weighted by molar-refractivity contribution is 6.42.